The molecule has 0 bridgehead atoms. The summed E-state index contributed by atoms with van der Waals surface area (Å²) in [5.41, 5.74) is 6.94. The fourth-order valence-corrected chi connectivity index (χ4v) is 1.74. The van der Waals surface area contributed by atoms with Crippen LogP contribution in [0.4, 0.5) is 0 Å². The molecule has 1 heterocycles. The zero-order valence-corrected chi connectivity index (χ0v) is 11.7. The van der Waals surface area contributed by atoms with E-state index in [0.717, 1.165) is 18.6 Å². The van der Waals surface area contributed by atoms with E-state index in [1.807, 2.05) is 19.1 Å². The Kier molecular flexibility index (Phi) is 8.33. The number of nitrogens with zero attached hydrogens (tertiary/aromatic N) is 1. The Morgan fingerprint density at radius 2 is 2.11 bits per heavy atom. The molecule has 0 saturated heterocycles. The molecule has 0 aliphatic carbocycles. The van der Waals surface area contributed by atoms with Gasteiger partial charge in [0.15, 0.2) is 0 Å². The molecule has 0 saturated carbocycles. The van der Waals surface area contributed by atoms with Crippen molar-refractivity contribution in [2.45, 2.75) is 25.5 Å². The molecule has 108 valence electrons. The van der Waals surface area contributed by atoms with Gasteiger partial charge < -0.3 is 19.9 Å². The summed E-state index contributed by atoms with van der Waals surface area (Å²) >= 11 is 0. The lowest BCUT2D eigenvalue weighted by Gasteiger charge is -2.21. The maximum absolute atomic E-state index is 5.94. The lowest BCUT2D eigenvalue weighted by atomic mass is 10.1. The summed E-state index contributed by atoms with van der Waals surface area (Å²) in [6.07, 6.45) is 4.28. The lowest BCUT2D eigenvalue weighted by Crippen LogP contribution is -2.28. The van der Waals surface area contributed by atoms with Crippen molar-refractivity contribution in [1.82, 2.24) is 4.98 Å². The number of pyridine rings is 1. The number of rotatable bonds is 10. The molecule has 0 aliphatic rings. The number of hydrogen-bond acceptors (Lipinski definition) is 5. The average Bonchev–Trinajstić information content (AvgIpc) is 2.42. The third-order valence-electron chi connectivity index (χ3n) is 2.65. The van der Waals surface area contributed by atoms with Crippen LogP contribution in [-0.4, -0.2) is 44.6 Å². The van der Waals surface area contributed by atoms with Crippen LogP contribution in [0.25, 0.3) is 0 Å². The van der Waals surface area contributed by atoms with E-state index in [0.29, 0.717) is 19.8 Å². The van der Waals surface area contributed by atoms with Crippen LogP contribution in [0.15, 0.2) is 24.5 Å². The molecule has 0 aliphatic heterocycles. The van der Waals surface area contributed by atoms with E-state index < -0.39 is 0 Å². The Morgan fingerprint density at radius 1 is 1.26 bits per heavy atom. The van der Waals surface area contributed by atoms with E-state index in [4.69, 9.17) is 19.9 Å². The summed E-state index contributed by atoms with van der Waals surface area (Å²) < 4.78 is 16.2. The molecule has 1 rings (SSSR count). The van der Waals surface area contributed by atoms with Gasteiger partial charge in [0.25, 0.3) is 0 Å². The van der Waals surface area contributed by atoms with E-state index in [9.17, 15) is 0 Å². The molecule has 19 heavy (non-hydrogen) atoms. The van der Waals surface area contributed by atoms with E-state index in [2.05, 4.69) is 4.98 Å². The Labute approximate surface area is 115 Å². The number of nitrogens with two attached hydrogens (primary N) is 1. The molecule has 5 heteroatoms. The Bertz CT molecular complexity index is 320. The van der Waals surface area contributed by atoms with Crippen LogP contribution in [0, 0.1) is 0 Å². The molecular weight excluding hydrogens is 244 g/mol. The number of ether oxygens (including phenoxy) is 3. The first-order chi connectivity index (χ1) is 9.25. The van der Waals surface area contributed by atoms with Crippen molar-refractivity contribution < 1.29 is 14.2 Å². The van der Waals surface area contributed by atoms with Crippen molar-refractivity contribution in [3.05, 3.63) is 30.1 Å². The molecule has 0 fully saturated rings. The summed E-state index contributed by atoms with van der Waals surface area (Å²) in [6, 6.07) is 3.77. The topological polar surface area (TPSA) is 66.6 Å². The molecular formula is C14H24N2O3. The molecule has 0 amide bonds. The number of methoxy groups -OCH3 is 1. The smallest absolute Gasteiger partial charge is 0.0988 e. The highest BCUT2D eigenvalue weighted by Gasteiger charge is 2.16. The maximum atomic E-state index is 5.94. The van der Waals surface area contributed by atoms with Gasteiger partial charge in [-0.25, -0.2) is 0 Å². The van der Waals surface area contributed by atoms with Crippen molar-refractivity contribution >= 4 is 0 Å². The third kappa shape index (κ3) is 6.63. The average molecular weight is 268 g/mol. The predicted octanol–water partition coefficient (Wildman–Crippen LogP) is 1.54. The minimum Gasteiger partial charge on any atom is -0.385 e. The molecule has 2 atom stereocenters. The minimum absolute atomic E-state index is 0.0855. The largest absolute Gasteiger partial charge is 0.385 e. The summed E-state index contributed by atoms with van der Waals surface area (Å²) in [4.78, 5) is 4.09. The van der Waals surface area contributed by atoms with Gasteiger partial charge in [-0.1, -0.05) is 6.07 Å². The standard InChI is InChI=1S/C14H24N2O3/c1-12(15)14(13-5-3-6-16-11-13)19-10-9-18-8-4-7-17-2/h3,5-6,11-12,14H,4,7-10,15H2,1-2H3. The highest BCUT2D eigenvalue weighted by Crippen LogP contribution is 2.18. The van der Waals surface area contributed by atoms with Crippen molar-refractivity contribution in [3.8, 4) is 0 Å². The molecule has 1 aromatic rings. The summed E-state index contributed by atoms with van der Waals surface area (Å²) in [5, 5.41) is 0. The monoisotopic (exact) mass is 268 g/mol. The van der Waals surface area contributed by atoms with Gasteiger partial charge in [0, 0.05) is 44.3 Å². The van der Waals surface area contributed by atoms with Gasteiger partial charge in [-0.3, -0.25) is 4.98 Å². The quantitative estimate of drug-likeness (QED) is 0.652. The van der Waals surface area contributed by atoms with Crippen molar-refractivity contribution in [3.63, 3.8) is 0 Å². The zero-order valence-electron chi connectivity index (χ0n) is 11.7. The van der Waals surface area contributed by atoms with Gasteiger partial charge >= 0.3 is 0 Å². The number of aromatic nitrogens is 1. The van der Waals surface area contributed by atoms with Crippen molar-refractivity contribution in [1.29, 1.82) is 0 Å². The van der Waals surface area contributed by atoms with E-state index >= 15 is 0 Å². The van der Waals surface area contributed by atoms with Crippen LogP contribution in [-0.2, 0) is 14.2 Å². The molecule has 2 unspecified atom stereocenters. The Hall–Kier alpha value is -1.01. The second kappa shape index (κ2) is 9.86. The molecule has 1 aromatic heterocycles. The fourth-order valence-electron chi connectivity index (χ4n) is 1.74. The zero-order chi connectivity index (χ0) is 13.9. The van der Waals surface area contributed by atoms with Crippen molar-refractivity contribution in [2.75, 3.05) is 33.5 Å². The van der Waals surface area contributed by atoms with Gasteiger partial charge in [-0.05, 0) is 19.4 Å². The Balaban J connectivity index is 2.24. The molecule has 0 spiro atoms. The van der Waals surface area contributed by atoms with Gasteiger partial charge in [-0.15, -0.1) is 0 Å². The molecule has 0 aromatic carbocycles. The van der Waals surface area contributed by atoms with Crippen LogP contribution in [0.3, 0.4) is 0 Å². The first kappa shape index (κ1) is 16.0. The van der Waals surface area contributed by atoms with E-state index in [-0.39, 0.29) is 12.1 Å². The van der Waals surface area contributed by atoms with Gasteiger partial charge in [0.05, 0.1) is 19.3 Å². The van der Waals surface area contributed by atoms with E-state index in [1.54, 1.807) is 19.5 Å². The predicted molar refractivity (Wildman–Crippen MR) is 73.9 cm³/mol. The van der Waals surface area contributed by atoms with Crippen LogP contribution >= 0.6 is 0 Å². The maximum Gasteiger partial charge on any atom is 0.0988 e. The first-order valence-electron chi connectivity index (χ1n) is 6.59. The van der Waals surface area contributed by atoms with Gasteiger partial charge in [-0.2, -0.15) is 0 Å². The second-order valence-electron chi connectivity index (χ2n) is 4.40. The Morgan fingerprint density at radius 3 is 2.74 bits per heavy atom. The first-order valence-corrected chi connectivity index (χ1v) is 6.59. The highest BCUT2D eigenvalue weighted by molar-refractivity contribution is 5.13. The number of hydrogen-bond donors (Lipinski definition) is 1. The fraction of sp³-hybridized carbons (Fsp3) is 0.643. The summed E-state index contributed by atoms with van der Waals surface area (Å²) in [7, 11) is 1.68. The third-order valence-corrected chi connectivity index (χ3v) is 2.65. The van der Waals surface area contributed by atoms with Crippen LogP contribution in [0.1, 0.15) is 25.0 Å². The minimum atomic E-state index is -0.142. The summed E-state index contributed by atoms with van der Waals surface area (Å²) in [5.74, 6) is 0. The molecule has 0 radical (unpaired) electrons. The SMILES string of the molecule is COCCCOCCOC(c1cccnc1)C(C)N. The summed E-state index contributed by atoms with van der Waals surface area (Å²) in [6.45, 7) is 4.42. The highest BCUT2D eigenvalue weighted by atomic mass is 16.5. The molecule has 5 nitrogen and oxygen atoms in total. The second-order valence-corrected chi connectivity index (χ2v) is 4.40. The molecule has 2 N–H and O–H groups in total. The van der Waals surface area contributed by atoms with Crippen LogP contribution in [0.5, 0.6) is 0 Å². The van der Waals surface area contributed by atoms with Gasteiger partial charge in [0.2, 0.25) is 0 Å². The lowest BCUT2D eigenvalue weighted by molar-refractivity contribution is -0.00776. The van der Waals surface area contributed by atoms with E-state index in [1.165, 1.54) is 0 Å². The van der Waals surface area contributed by atoms with Crippen molar-refractivity contribution in [2.24, 2.45) is 5.73 Å². The van der Waals surface area contributed by atoms with Crippen LogP contribution in [0.2, 0.25) is 0 Å². The van der Waals surface area contributed by atoms with Crippen LogP contribution < -0.4 is 5.73 Å². The normalized spacial score (nSPS) is 14.3. The van der Waals surface area contributed by atoms with Gasteiger partial charge in [0.1, 0.15) is 0 Å².